The van der Waals surface area contributed by atoms with Gasteiger partial charge in [0, 0.05) is 19.0 Å². The van der Waals surface area contributed by atoms with Gasteiger partial charge in [0.15, 0.2) is 11.5 Å². The molecule has 0 radical (unpaired) electrons. The average Bonchev–Trinajstić information content (AvgIpc) is 2.81. The lowest BCUT2D eigenvalue weighted by molar-refractivity contribution is -0.385. The van der Waals surface area contributed by atoms with Crippen LogP contribution in [0.2, 0.25) is 0 Å². The van der Waals surface area contributed by atoms with Crippen LogP contribution >= 0.6 is 0 Å². The van der Waals surface area contributed by atoms with Crippen molar-refractivity contribution in [2.45, 2.75) is 38.8 Å². The SMILES string of the molecule is CCCCOc1cc([N+](=O)[O-])c(C(=O)N2Cc3cc(O)ccc3C[C@H]2C(=O)OC)cc1OC. The third-order valence-corrected chi connectivity index (χ3v) is 5.52. The predicted molar refractivity (Wildman–Crippen MR) is 118 cm³/mol. The molecule has 0 unspecified atom stereocenters. The van der Waals surface area contributed by atoms with Gasteiger partial charge in [-0.3, -0.25) is 14.9 Å². The Balaban J connectivity index is 2.05. The van der Waals surface area contributed by atoms with Gasteiger partial charge in [0.05, 0.1) is 31.8 Å². The van der Waals surface area contributed by atoms with E-state index in [9.17, 15) is 24.8 Å². The molecule has 1 atom stereocenters. The van der Waals surface area contributed by atoms with Crippen LogP contribution < -0.4 is 9.47 Å². The maximum Gasteiger partial charge on any atom is 0.328 e. The van der Waals surface area contributed by atoms with Gasteiger partial charge >= 0.3 is 5.97 Å². The molecule has 1 amide bonds. The van der Waals surface area contributed by atoms with Crippen LogP contribution in [0.25, 0.3) is 0 Å². The number of phenols is 1. The quantitative estimate of drug-likeness (QED) is 0.276. The minimum Gasteiger partial charge on any atom is -0.508 e. The molecule has 2 aromatic carbocycles. The molecule has 1 heterocycles. The van der Waals surface area contributed by atoms with Crippen molar-refractivity contribution in [1.29, 1.82) is 0 Å². The van der Waals surface area contributed by atoms with Gasteiger partial charge in [-0.15, -0.1) is 0 Å². The summed E-state index contributed by atoms with van der Waals surface area (Å²) in [6.07, 6.45) is 1.78. The summed E-state index contributed by atoms with van der Waals surface area (Å²) < 4.78 is 15.8. The van der Waals surface area contributed by atoms with E-state index in [2.05, 4.69) is 0 Å². The molecular weight excluding hydrogens is 432 g/mol. The average molecular weight is 458 g/mol. The van der Waals surface area contributed by atoms with E-state index in [-0.39, 0.29) is 35.8 Å². The van der Waals surface area contributed by atoms with Crippen molar-refractivity contribution < 1.29 is 33.8 Å². The Bertz CT molecular complexity index is 1070. The minimum absolute atomic E-state index is 0.0129. The number of methoxy groups -OCH3 is 2. The highest BCUT2D eigenvalue weighted by Gasteiger charge is 2.38. The molecule has 10 nitrogen and oxygen atoms in total. The number of carbonyl (C=O) groups excluding carboxylic acids is 2. The van der Waals surface area contributed by atoms with E-state index in [0.717, 1.165) is 18.4 Å². The number of nitro groups is 1. The van der Waals surface area contributed by atoms with Crippen molar-refractivity contribution in [3.63, 3.8) is 0 Å². The topological polar surface area (TPSA) is 128 Å². The molecule has 10 heteroatoms. The summed E-state index contributed by atoms with van der Waals surface area (Å²) in [5, 5.41) is 21.7. The Hall–Kier alpha value is -3.82. The first kappa shape index (κ1) is 23.8. The van der Waals surface area contributed by atoms with Crippen molar-refractivity contribution in [1.82, 2.24) is 4.90 Å². The van der Waals surface area contributed by atoms with E-state index in [1.807, 2.05) is 6.92 Å². The number of rotatable bonds is 8. The first-order chi connectivity index (χ1) is 15.8. The number of fused-ring (bicyclic) bond motifs is 1. The lowest BCUT2D eigenvalue weighted by Crippen LogP contribution is -2.49. The number of aromatic hydroxyl groups is 1. The molecule has 176 valence electrons. The summed E-state index contributed by atoms with van der Waals surface area (Å²) in [6, 6.07) is 6.12. The van der Waals surface area contributed by atoms with Gasteiger partial charge in [-0.2, -0.15) is 0 Å². The summed E-state index contributed by atoms with van der Waals surface area (Å²) in [7, 11) is 2.59. The molecule has 0 saturated carbocycles. The third kappa shape index (κ3) is 5.00. The molecule has 3 rings (SSSR count). The fourth-order valence-corrected chi connectivity index (χ4v) is 3.76. The van der Waals surface area contributed by atoms with E-state index in [4.69, 9.17) is 14.2 Å². The molecule has 33 heavy (non-hydrogen) atoms. The van der Waals surface area contributed by atoms with Crippen LogP contribution in [-0.4, -0.2) is 53.7 Å². The Morgan fingerprint density at radius 3 is 2.58 bits per heavy atom. The van der Waals surface area contributed by atoms with E-state index < -0.39 is 28.5 Å². The van der Waals surface area contributed by atoms with Gasteiger partial charge < -0.3 is 24.2 Å². The van der Waals surface area contributed by atoms with Crippen molar-refractivity contribution in [2.24, 2.45) is 0 Å². The second-order valence-electron chi connectivity index (χ2n) is 7.61. The van der Waals surface area contributed by atoms with Crippen LogP contribution in [-0.2, 0) is 22.5 Å². The Morgan fingerprint density at radius 2 is 1.94 bits per heavy atom. The van der Waals surface area contributed by atoms with Crippen LogP contribution in [0.1, 0.15) is 41.3 Å². The largest absolute Gasteiger partial charge is 0.508 e. The molecule has 2 aromatic rings. The molecule has 0 spiro atoms. The molecule has 0 aromatic heterocycles. The molecule has 1 N–H and O–H groups in total. The zero-order chi connectivity index (χ0) is 24.1. The zero-order valence-electron chi connectivity index (χ0n) is 18.7. The van der Waals surface area contributed by atoms with Gasteiger partial charge in [-0.1, -0.05) is 19.4 Å². The summed E-state index contributed by atoms with van der Waals surface area (Å²) in [5.74, 6) is -1.03. The molecule has 0 bridgehead atoms. The number of amides is 1. The zero-order valence-corrected chi connectivity index (χ0v) is 18.7. The number of phenolic OH excluding ortho intramolecular Hbond substituents is 1. The highest BCUT2D eigenvalue weighted by molar-refractivity contribution is 6.01. The highest BCUT2D eigenvalue weighted by atomic mass is 16.6. The van der Waals surface area contributed by atoms with Crippen molar-refractivity contribution in [3.05, 3.63) is 57.1 Å². The third-order valence-electron chi connectivity index (χ3n) is 5.52. The minimum atomic E-state index is -0.981. The fraction of sp³-hybridized carbons (Fsp3) is 0.391. The fourth-order valence-electron chi connectivity index (χ4n) is 3.76. The Morgan fingerprint density at radius 1 is 1.18 bits per heavy atom. The lowest BCUT2D eigenvalue weighted by atomic mass is 9.92. The first-order valence-electron chi connectivity index (χ1n) is 10.5. The number of nitrogens with zero attached hydrogens (tertiary/aromatic N) is 2. The van der Waals surface area contributed by atoms with Crippen LogP contribution in [0.5, 0.6) is 17.2 Å². The molecular formula is C23H26N2O8. The summed E-state index contributed by atoms with van der Waals surface area (Å²) in [5.41, 5.74) is 0.714. The second-order valence-corrected chi connectivity index (χ2v) is 7.61. The van der Waals surface area contributed by atoms with Gasteiger partial charge in [0.25, 0.3) is 11.6 Å². The van der Waals surface area contributed by atoms with E-state index >= 15 is 0 Å². The molecule has 0 fully saturated rings. The summed E-state index contributed by atoms with van der Waals surface area (Å²) in [6.45, 7) is 2.30. The number of esters is 1. The maximum absolute atomic E-state index is 13.5. The molecule has 1 aliphatic heterocycles. The van der Waals surface area contributed by atoms with Crippen molar-refractivity contribution in [2.75, 3.05) is 20.8 Å². The predicted octanol–water partition coefficient (Wildman–Crippen LogP) is 3.23. The number of ether oxygens (including phenoxy) is 3. The van der Waals surface area contributed by atoms with E-state index in [1.165, 1.54) is 43.4 Å². The Kier molecular flexibility index (Phi) is 7.37. The molecule has 0 aliphatic carbocycles. The number of hydrogen-bond acceptors (Lipinski definition) is 8. The van der Waals surface area contributed by atoms with Crippen LogP contribution in [0.4, 0.5) is 5.69 Å². The van der Waals surface area contributed by atoms with Crippen LogP contribution in [0.3, 0.4) is 0 Å². The normalized spacial score (nSPS) is 14.9. The molecule has 1 aliphatic rings. The van der Waals surface area contributed by atoms with E-state index in [1.54, 1.807) is 6.07 Å². The van der Waals surface area contributed by atoms with Crippen molar-refractivity contribution in [3.8, 4) is 17.2 Å². The monoisotopic (exact) mass is 458 g/mol. The Labute approximate surface area is 190 Å². The highest BCUT2D eigenvalue weighted by Crippen LogP contribution is 2.37. The standard InChI is InChI=1S/C23H26N2O8/c1-4-5-8-33-21-12-18(25(29)30)17(11-20(21)31-2)22(27)24-13-15-9-16(26)7-6-14(15)10-19(24)23(28)32-3/h6-7,9,11-12,19,26H,4-5,8,10,13H2,1-3H3/t19-/m0/s1. The number of unbranched alkanes of at least 4 members (excludes halogenated alkanes) is 1. The second kappa shape index (κ2) is 10.2. The summed E-state index contributed by atoms with van der Waals surface area (Å²) in [4.78, 5) is 38.4. The van der Waals surface area contributed by atoms with Gasteiger partial charge in [0.2, 0.25) is 0 Å². The lowest BCUT2D eigenvalue weighted by Gasteiger charge is -2.35. The maximum atomic E-state index is 13.5. The summed E-state index contributed by atoms with van der Waals surface area (Å²) >= 11 is 0. The first-order valence-corrected chi connectivity index (χ1v) is 10.5. The number of carbonyl (C=O) groups is 2. The van der Waals surface area contributed by atoms with Gasteiger partial charge in [-0.25, -0.2) is 4.79 Å². The van der Waals surface area contributed by atoms with Crippen molar-refractivity contribution >= 4 is 17.6 Å². The smallest absolute Gasteiger partial charge is 0.328 e. The van der Waals surface area contributed by atoms with Crippen LogP contribution in [0, 0.1) is 10.1 Å². The van der Waals surface area contributed by atoms with E-state index in [0.29, 0.717) is 12.2 Å². The molecule has 0 saturated heterocycles. The van der Waals surface area contributed by atoms with Gasteiger partial charge in [0.1, 0.15) is 17.4 Å². The number of hydrogen-bond donors (Lipinski definition) is 1. The van der Waals surface area contributed by atoms with Gasteiger partial charge in [-0.05, 0) is 29.7 Å². The number of nitro benzene ring substituents is 1. The number of benzene rings is 2. The van der Waals surface area contributed by atoms with Crippen LogP contribution in [0.15, 0.2) is 30.3 Å².